The van der Waals surface area contributed by atoms with Crippen molar-refractivity contribution in [1.29, 1.82) is 0 Å². The molecular weight excluding hydrogens is 270 g/mol. The Kier molecular flexibility index (Phi) is 2.55. The molecule has 112 valence electrons. The third-order valence-electron chi connectivity index (χ3n) is 4.54. The Morgan fingerprint density at radius 2 is 1.67 bits per heavy atom. The van der Waals surface area contributed by atoms with Crippen molar-refractivity contribution in [3.8, 4) is 0 Å². The molecule has 2 aliphatic carbocycles. The first-order chi connectivity index (χ1) is 10.1. The number of aryl methyl sites for hydroxylation is 1. The molecule has 7 heteroatoms. The highest BCUT2D eigenvalue weighted by Gasteiger charge is 2.29. The van der Waals surface area contributed by atoms with Gasteiger partial charge in [0, 0.05) is 20.1 Å². The summed E-state index contributed by atoms with van der Waals surface area (Å²) in [6.45, 7) is 1.16. The summed E-state index contributed by atoms with van der Waals surface area (Å²) >= 11 is 0. The Labute approximate surface area is 121 Å². The Balaban J connectivity index is 2.00. The molecule has 2 aromatic heterocycles. The van der Waals surface area contributed by atoms with Crippen LogP contribution in [0.15, 0.2) is 9.59 Å². The van der Waals surface area contributed by atoms with Crippen molar-refractivity contribution < 1.29 is 0 Å². The topological polar surface area (TPSA) is 87.8 Å². The van der Waals surface area contributed by atoms with Crippen molar-refractivity contribution in [2.75, 3.05) is 5.73 Å². The van der Waals surface area contributed by atoms with Crippen LogP contribution >= 0.6 is 0 Å². The molecule has 2 fully saturated rings. The summed E-state index contributed by atoms with van der Waals surface area (Å²) in [7, 11) is 1.75. The van der Waals surface area contributed by atoms with E-state index in [1.54, 1.807) is 16.2 Å². The van der Waals surface area contributed by atoms with Gasteiger partial charge in [-0.1, -0.05) is 0 Å². The Bertz CT molecular complexity index is 836. The maximum atomic E-state index is 12.7. The van der Waals surface area contributed by atoms with Crippen LogP contribution in [0.4, 0.5) is 5.95 Å². The van der Waals surface area contributed by atoms with Crippen molar-refractivity contribution in [3.63, 3.8) is 0 Å². The zero-order valence-electron chi connectivity index (χ0n) is 12.1. The molecule has 0 saturated heterocycles. The summed E-state index contributed by atoms with van der Waals surface area (Å²) in [5, 5.41) is 0. The third kappa shape index (κ3) is 1.99. The zero-order chi connectivity index (χ0) is 14.7. The lowest BCUT2D eigenvalue weighted by Gasteiger charge is -2.12. The van der Waals surface area contributed by atoms with Crippen LogP contribution in [0.3, 0.4) is 0 Å². The van der Waals surface area contributed by atoms with Crippen molar-refractivity contribution in [2.24, 2.45) is 18.9 Å². The van der Waals surface area contributed by atoms with Crippen LogP contribution in [0.25, 0.3) is 11.2 Å². The molecule has 0 aliphatic heterocycles. The molecule has 0 unspecified atom stereocenters. The second-order valence-electron chi connectivity index (χ2n) is 6.40. The molecule has 0 spiro atoms. The molecule has 2 N–H and O–H groups in total. The van der Waals surface area contributed by atoms with Crippen molar-refractivity contribution in [3.05, 3.63) is 20.8 Å². The number of nitrogens with two attached hydrogens (primary N) is 1. The summed E-state index contributed by atoms with van der Waals surface area (Å²) in [6, 6.07) is 0. The van der Waals surface area contributed by atoms with E-state index in [9.17, 15) is 9.59 Å². The first kappa shape index (κ1) is 12.7. The highest BCUT2D eigenvalue weighted by molar-refractivity contribution is 5.73. The normalized spacial score (nSPS) is 18.5. The monoisotopic (exact) mass is 289 g/mol. The van der Waals surface area contributed by atoms with Gasteiger partial charge in [-0.15, -0.1) is 0 Å². The van der Waals surface area contributed by atoms with Crippen LogP contribution in [0.2, 0.25) is 0 Å². The second-order valence-corrected chi connectivity index (χ2v) is 6.40. The predicted molar refractivity (Wildman–Crippen MR) is 79.1 cm³/mol. The summed E-state index contributed by atoms with van der Waals surface area (Å²) < 4.78 is 4.69. The van der Waals surface area contributed by atoms with Gasteiger partial charge in [0.25, 0.3) is 5.56 Å². The Morgan fingerprint density at radius 1 is 1.10 bits per heavy atom. The highest BCUT2D eigenvalue weighted by atomic mass is 16.2. The van der Waals surface area contributed by atoms with Gasteiger partial charge in [-0.05, 0) is 37.5 Å². The Hall–Kier alpha value is -2.05. The molecule has 0 aromatic carbocycles. The molecule has 21 heavy (non-hydrogen) atoms. The number of hydrogen-bond acceptors (Lipinski definition) is 4. The molecule has 7 nitrogen and oxygen atoms in total. The van der Waals surface area contributed by atoms with E-state index >= 15 is 0 Å². The second kappa shape index (κ2) is 4.22. The number of fused-ring (bicyclic) bond motifs is 1. The van der Waals surface area contributed by atoms with Crippen molar-refractivity contribution in [1.82, 2.24) is 18.7 Å². The molecule has 0 atom stereocenters. The largest absolute Gasteiger partial charge is 0.369 e. The molecule has 2 saturated carbocycles. The maximum absolute atomic E-state index is 12.7. The van der Waals surface area contributed by atoms with Gasteiger partial charge in [0.05, 0.1) is 0 Å². The lowest BCUT2D eigenvalue weighted by molar-refractivity contribution is 0.517. The van der Waals surface area contributed by atoms with E-state index in [4.69, 9.17) is 5.73 Å². The van der Waals surface area contributed by atoms with Gasteiger partial charge in [-0.2, -0.15) is 0 Å². The molecular formula is C14H19N5O2. The van der Waals surface area contributed by atoms with Gasteiger partial charge < -0.3 is 5.73 Å². The average molecular weight is 289 g/mol. The third-order valence-corrected chi connectivity index (χ3v) is 4.54. The van der Waals surface area contributed by atoms with Crippen LogP contribution < -0.4 is 17.0 Å². The minimum absolute atomic E-state index is 0.214. The number of rotatable bonds is 4. The van der Waals surface area contributed by atoms with E-state index < -0.39 is 0 Å². The maximum Gasteiger partial charge on any atom is 0.332 e. The fourth-order valence-corrected chi connectivity index (χ4v) is 2.85. The smallest absolute Gasteiger partial charge is 0.332 e. The van der Waals surface area contributed by atoms with Crippen molar-refractivity contribution in [2.45, 2.75) is 38.8 Å². The van der Waals surface area contributed by atoms with Crippen LogP contribution in [-0.4, -0.2) is 18.7 Å². The van der Waals surface area contributed by atoms with Gasteiger partial charge in [-0.25, -0.2) is 9.78 Å². The molecule has 2 aliphatic rings. The lowest BCUT2D eigenvalue weighted by atomic mass is 10.3. The minimum Gasteiger partial charge on any atom is -0.369 e. The number of aromatic nitrogens is 4. The number of hydrogen-bond donors (Lipinski definition) is 1. The van der Waals surface area contributed by atoms with Gasteiger partial charge in [0.1, 0.15) is 0 Å². The standard InChI is InChI=1S/C14H19N5O2/c1-17-11-10(16-13(17)15)12(20)19(7-9-4-5-9)14(21)18(11)6-8-2-3-8/h8-9H,2-7H2,1H3,(H2,15,16). The SMILES string of the molecule is Cn1c(N)nc2c(=O)n(CC3CC3)c(=O)n(CC3CC3)c21. The van der Waals surface area contributed by atoms with E-state index in [2.05, 4.69) is 4.98 Å². The minimum atomic E-state index is -0.304. The van der Waals surface area contributed by atoms with Gasteiger partial charge >= 0.3 is 5.69 Å². The molecule has 2 aromatic rings. The fraction of sp³-hybridized carbons (Fsp3) is 0.643. The summed E-state index contributed by atoms with van der Waals surface area (Å²) in [4.78, 5) is 29.5. The molecule has 2 heterocycles. The van der Waals surface area contributed by atoms with Crippen LogP contribution in [0, 0.1) is 11.8 Å². The molecule has 0 amide bonds. The van der Waals surface area contributed by atoms with E-state index in [-0.39, 0.29) is 17.2 Å². The molecule has 0 bridgehead atoms. The van der Waals surface area contributed by atoms with E-state index in [1.165, 1.54) is 4.57 Å². The lowest BCUT2D eigenvalue weighted by Crippen LogP contribution is -2.41. The summed E-state index contributed by atoms with van der Waals surface area (Å²) in [6.07, 6.45) is 4.47. The fourth-order valence-electron chi connectivity index (χ4n) is 2.85. The predicted octanol–water partition coefficient (Wildman–Crippen LogP) is 0.299. The van der Waals surface area contributed by atoms with E-state index in [0.717, 1.165) is 25.7 Å². The number of nitrogen functional groups attached to an aromatic ring is 1. The van der Waals surface area contributed by atoms with Crippen molar-refractivity contribution >= 4 is 17.1 Å². The van der Waals surface area contributed by atoms with E-state index in [1.807, 2.05) is 0 Å². The van der Waals surface area contributed by atoms with Gasteiger partial charge in [0.15, 0.2) is 11.2 Å². The summed E-state index contributed by atoms with van der Waals surface area (Å²) in [5.74, 6) is 1.27. The number of anilines is 1. The molecule has 4 rings (SSSR count). The number of nitrogens with zero attached hydrogens (tertiary/aromatic N) is 4. The van der Waals surface area contributed by atoms with E-state index in [0.29, 0.717) is 36.1 Å². The van der Waals surface area contributed by atoms with Gasteiger partial charge in [0.2, 0.25) is 5.95 Å². The zero-order valence-corrected chi connectivity index (χ0v) is 12.1. The Morgan fingerprint density at radius 3 is 2.24 bits per heavy atom. The quantitative estimate of drug-likeness (QED) is 0.876. The number of imidazole rings is 1. The average Bonchev–Trinajstić information content (AvgIpc) is 3.34. The first-order valence-corrected chi connectivity index (χ1v) is 7.51. The highest BCUT2D eigenvalue weighted by Crippen LogP contribution is 2.31. The van der Waals surface area contributed by atoms with Crippen LogP contribution in [-0.2, 0) is 20.1 Å². The van der Waals surface area contributed by atoms with Gasteiger partial charge in [-0.3, -0.25) is 18.5 Å². The van der Waals surface area contributed by atoms with Crippen LogP contribution in [0.5, 0.6) is 0 Å². The van der Waals surface area contributed by atoms with Crippen LogP contribution in [0.1, 0.15) is 25.7 Å². The first-order valence-electron chi connectivity index (χ1n) is 7.51. The summed E-state index contributed by atoms with van der Waals surface area (Å²) in [5.41, 5.74) is 6.19. The molecule has 0 radical (unpaired) electrons.